The fraction of sp³-hybridized carbons (Fsp3) is 0.375. The average Bonchev–Trinajstić information content (AvgIpc) is 2.14. The molecule has 0 amide bonds. The molecule has 0 fully saturated rings. The van der Waals surface area contributed by atoms with Crippen molar-refractivity contribution >= 4 is 12.2 Å². The Hall–Kier alpha value is -1.07. The first-order valence-corrected chi connectivity index (χ1v) is 3.98. The van der Waals surface area contributed by atoms with E-state index in [1.807, 2.05) is 0 Å². The Bertz CT molecular complexity index is 344. The Labute approximate surface area is 80.7 Å². The number of rotatable bonds is 3. The van der Waals surface area contributed by atoms with Crippen LogP contribution in [0.25, 0.3) is 0 Å². The summed E-state index contributed by atoms with van der Waals surface area (Å²) >= 11 is 4.90. The summed E-state index contributed by atoms with van der Waals surface area (Å²) in [5, 5.41) is 9.48. The summed E-state index contributed by atoms with van der Waals surface area (Å²) in [4.78, 5) is 0. The zero-order valence-electron chi connectivity index (χ0n) is 7.36. The van der Waals surface area contributed by atoms with Crippen LogP contribution in [0.5, 0.6) is 11.5 Å². The van der Waals surface area contributed by atoms with Crippen molar-refractivity contribution in [2.24, 2.45) is 0 Å². The molecule has 0 saturated carbocycles. The van der Waals surface area contributed by atoms with Gasteiger partial charge in [-0.2, -0.15) is 0 Å². The topological polar surface area (TPSA) is 51.8 Å². The fourth-order valence-electron chi connectivity index (χ4n) is 0.852. The van der Waals surface area contributed by atoms with E-state index < -0.39 is 0 Å². The molecule has 0 aliphatic carbocycles. The molecular weight excluding hydrogens is 192 g/mol. The van der Waals surface area contributed by atoms with E-state index in [1.165, 1.54) is 20.5 Å². The predicted octanol–water partition coefficient (Wildman–Crippen LogP) is 1.87. The standard InChI is InChI=1S/C8H10O4S/c1-10-3-5-7(9)8(13)6(11-2)4-12-5/h4,9H,3H2,1-2H3. The van der Waals surface area contributed by atoms with E-state index in [4.69, 9.17) is 26.1 Å². The zero-order valence-corrected chi connectivity index (χ0v) is 8.18. The van der Waals surface area contributed by atoms with Crippen molar-refractivity contribution in [1.29, 1.82) is 0 Å². The molecule has 0 aliphatic heterocycles. The third-order valence-corrected chi connectivity index (χ3v) is 1.90. The molecule has 1 aromatic heterocycles. The predicted molar refractivity (Wildman–Crippen MR) is 48.5 cm³/mol. The van der Waals surface area contributed by atoms with Gasteiger partial charge < -0.3 is 19.0 Å². The Morgan fingerprint density at radius 1 is 1.54 bits per heavy atom. The van der Waals surface area contributed by atoms with Crippen LogP contribution in [0.1, 0.15) is 5.76 Å². The van der Waals surface area contributed by atoms with Crippen LogP contribution in [0.4, 0.5) is 0 Å². The van der Waals surface area contributed by atoms with Gasteiger partial charge in [-0.05, 0) is 0 Å². The van der Waals surface area contributed by atoms with Crippen LogP contribution in [-0.2, 0) is 11.3 Å². The van der Waals surface area contributed by atoms with E-state index in [0.717, 1.165) is 0 Å². The first kappa shape index (κ1) is 10.0. The SMILES string of the molecule is COCc1occ(OC)c(=S)c1O. The van der Waals surface area contributed by atoms with Crippen LogP contribution in [0.3, 0.4) is 0 Å². The fourth-order valence-corrected chi connectivity index (χ4v) is 1.10. The number of methoxy groups -OCH3 is 2. The van der Waals surface area contributed by atoms with Gasteiger partial charge in [0.2, 0.25) is 0 Å². The molecule has 0 bridgehead atoms. The van der Waals surface area contributed by atoms with Gasteiger partial charge in [0.1, 0.15) is 17.4 Å². The lowest BCUT2D eigenvalue weighted by molar-refractivity contribution is 0.156. The lowest BCUT2D eigenvalue weighted by Crippen LogP contribution is -1.91. The molecular formula is C8H10O4S. The Morgan fingerprint density at radius 3 is 2.77 bits per heavy atom. The van der Waals surface area contributed by atoms with E-state index in [2.05, 4.69) is 0 Å². The average molecular weight is 202 g/mol. The summed E-state index contributed by atoms with van der Waals surface area (Å²) in [5.41, 5.74) is 0. The van der Waals surface area contributed by atoms with E-state index in [1.54, 1.807) is 0 Å². The van der Waals surface area contributed by atoms with E-state index in [-0.39, 0.29) is 16.9 Å². The molecule has 0 spiro atoms. The van der Waals surface area contributed by atoms with Gasteiger partial charge in [-0.1, -0.05) is 12.2 Å². The lowest BCUT2D eigenvalue weighted by Gasteiger charge is -2.04. The molecule has 0 saturated heterocycles. The maximum absolute atomic E-state index is 9.48. The molecule has 0 aromatic carbocycles. The van der Waals surface area contributed by atoms with Gasteiger partial charge in [0.25, 0.3) is 0 Å². The monoisotopic (exact) mass is 202 g/mol. The molecule has 0 radical (unpaired) electrons. The third kappa shape index (κ3) is 1.99. The maximum Gasteiger partial charge on any atom is 0.178 e. The van der Waals surface area contributed by atoms with Crippen molar-refractivity contribution < 1.29 is 19.0 Å². The quantitative estimate of drug-likeness (QED) is 0.758. The second-order valence-electron chi connectivity index (χ2n) is 2.34. The minimum absolute atomic E-state index is 0.101. The smallest absolute Gasteiger partial charge is 0.178 e. The zero-order chi connectivity index (χ0) is 9.84. The first-order chi connectivity index (χ1) is 6.20. The summed E-state index contributed by atoms with van der Waals surface area (Å²) in [5.74, 6) is 0.539. The van der Waals surface area contributed by atoms with E-state index in [0.29, 0.717) is 11.5 Å². The van der Waals surface area contributed by atoms with Crippen LogP contribution >= 0.6 is 12.2 Å². The van der Waals surface area contributed by atoms with Gasteiger partial charge in [0.05, 0.1) is 7.11 Å². The highest BCUT2D eigenvalue weighted by molar-refractivity contribution is 7.71. The number of hydrogen-bond donors (Lipinski definition) is 1. The molecule has 0 atom stereocenters. The highest BCUT2D eigenvalue weighted by atomic mass is 32.1. The molecule has 1 aromatic rings. The van der Waals surface area contributed by atoms with Crippen LogP contribution in [-0.4, -0.2) is 19.3 Å². The van der Waals surface area contributed by atoms with E-state index in [9.17, 15) is 5.11 Å². The lowest BCUT2D eigenvalue weighted by atomic mass is 10.3. The van der Waals surface area contributed by atoms with Gasteiger partial charge in [-0.25, -0.2) is 0 Å². The molecule has 72 valence electrons. The van der Waals surface area contributed by atoms with Gasteiger partial charge >= 0.3 is 0 Å². The van der Waals surface area contributed by atoms with Crippen molar-refractivity contribution in [3.63, 3.8) is 0 Å². The van der Waals surface area contributed by atoms with Crippen molar-refractivity contribution in [2.75, 3.05) is 14.2 Å². The highest BCUT2D eigenvalue weighted by Crippen LogP contribution is 2.26. The summed E-state index contributed by atoms with van der Waals surface area (Å²) in [7, 11) is 2.96. The number of hydrogen-bond acceptors (Lipinski definition) is 5. The van der Waals surface area contributed by atoms with Gasteiger partial charge in [0.15, 0.2) is 17.3 Å². The van der Waals surface area contributed by atoms with Crippen LogP contribution < -0.4 is 4.74 Å². The second kappa shape index (κ2) is 4.25. The van der Waals surface area contributed by atoms with Crippen LogP contribution in [0, 0.1) is 4.51 Å². The maximum atomic E-state index is 9.48. The Kier molecular flexibility index (Phi) is 3.27. The molecule has 1 rings (SSSR count). The molecule has 1 N–H and O–H groups in total. The third-order valence-electron chi connectivity index (χ3n) is 1.51. The largest absolute Gasteiger partial charge is 0.503 e. The van der Waals surface area contributed by atoms with Crippen molar-refractivity contribution in [3.8, 4) is 11.5 Å². The summed E-state index contributed by atoms with van der Waals surface area (Å²) in [6.45, 7) is 0.180. The molecule has 5 heteroatoms. The van der Waals surface area contributed by atoms with Gasteiger partial charge in [-0.3, -0.25) is 0 Å². The van der Waals surface area contributed by atoms with Crippen molar-refractivity contribution in [3.05, 3.63) is 16.5 Å². The first-order valence-electron chi connectivity index (χ1n) is 3.57. The molecule has 4 nitrogen and oxygen atoms in total. The highest BCUT2D eigenvalue weighted by Gasteiger charge is 2.09. The molecule has 1 heterocycles. The Morgan fingerprint density at radius 2 is 2.23 bits per heavy atom. The normalized spacial score (nSPS) is 10.0. The molecule has 13 heavy (non-hydrogen) atoms. The van der Waals surface area contributed by atoms with Crippen LogP contribution in [0.15, 0.2) is 10.7 Å². The number of aromatic hydroxyl groups is 1. The number of ether oxygens (including phenoxy) is 2. The second-order valence-corrected chi connectivity index (χ2v) is 2.75. The summed E-state index contributed by atoms with van der Waals surface area (Å²) in [6.07, 6.45) is 1.34. The minimum atomic E-state index is -0.101. The summed E-state index contributed by atoms with van der Waals surface area (Å²) in [6, 6.07) is 0. The van der Waals surface area contributed by atoms with Crippen LogP contribution in [0.2, 0.25) is 0 Å². The molecule has 0 aliphatic rings. The van der Waals surface area contributed by atoms with Crippen molar-refractivity contribution in [2.45, 2.75) is 6.61 Å². The van der Waals surface area contributed by atoms with E-state index >= 15 is 0 Å². The Balaban J connectivity index is 3.15. The summed E-state index contributed by atoms with van der Waals surface area (Å²) < 4.78 is 14.9. The minimum Gasteiger partial charge on any atom is -0.503 e. The molecule has 0 unspecified atom stereocenters. The van der Waals surface area contributed by atoms with Crippen molar-refractivity contribution in [1.82, 2.24) is 0 Å². The van der Waals surface area contributed by atoms with Gasteiger partial charge in [-0.15, -0.1) is 0 Å². The van der Waals surface area contributed by atoms with Gasteiger partial charge in [0, 0.05) is 7.11 Å².